The minimum absolute atomic E-state index is 0.0339. The lowest BCUT2D eigenvalue weighted by Gasteiger charge is -2.19. The van der Waals surface area contributed by atoms with Gasteiger partial charge in [0, 0.05) is 4.88 Å². The summed E-state index contributed by atoms with van der Waals surface area (Å²) in [4.78, 5) is 0.870. The van der Waals surface area contributed by atoms with Crippen molar-refractivity contribution in [2.24, 2.45) is 5.73 Å². The Morgan fingerprint density at radius 3 is 2.67 bits per heavy atom. The molecule has 0 bridgehead atoms. The molecule has 1 heterocycles. The highest BCUT2D eigenvalue weighted by atomic mass is 32.1. The molecule has 4 heteroatoms. The summed E-state index contributed by atoms with van der Waals surface area (Å²) in [6.07, 6.45) is 0. The molecule has 0 aliphatic heterocycles. The minimum atomic E-state index is -0.691. The zero-order valence-electron chi connectivity index (χ0n) is 6.95. The third-order valence-corrected chi connectivity index (χ3v) is 2.72. The fraction of sp³-hybridized carbons (Fsp3) is 0.500. The molecule has 1 aromatic rings. The first-order valence-electron chi connectivity index (χ1n) is 3.68. The summed E-state index contributed by atoms with van der Waals surface area (Å²) in [6.45, 7) is 1.71. The molecule has 0 saturated carbocycles. The van der Waals surface area contributed by atoms with Gasteiger partial charge in [0.15, 0.2) is 0 Å². The topological polar surface area (TPSA) is 66.5 Å². The van der Waals surface area contributed by atoms with Gasteiger partial charge in [-0.15, -0.1) is 11.3 Å². The number of hydrogen-bond acceptors (Lipinski definition) is 4. The number of thiophene rings is 1. The molecule has 0 saturated heterocycles. The lowest BCUT2D eigenvalue weighted by molar-refractivity contribution is 0.210. The van der Waals surface area contributed by atoms with Crippen LogP contribution in [0.25, 0.3) is 0 Å². The molecule has 0 amide bonds. The standard InChI is InChI=1S/C8H13NO2S/c1-8(9,5-11)6-2-7(3-10)12-4-6/h2,4,10-11H,3,5,9H2,1H3. The van der Waals surface area contributed by atoms with Crippen LogP contribution in [0.1, 0.15) is 17.4 Å². The lowest BCUT2D eigenvalue weighted by Crippen LogP contribution is -2.36. The zero-order valence-corrected chi connectivity index (χ0v) is 7.77. The van der Waals surface area contributed by atoms with Crippen LogP contribution in [0, 0.1) is 0 Å². The van der Waals surface area contributed by atoms with Crippen LogP contribution in [0.5, 0.6) is 0 Å². The molecule has 0 spiro atoms. The predicted octanol–water partition coefficient (Wildman–Crippen LogP) is 0.407. The zero-order chi connectivity index (χ0) is 9.19. The minimum Gasteiger partial charge on any atom is -0.394 e. The van der Waals surface area contributed by atoms with Gasteiger partial charge in [0.1, 0.15) is 0 Å². The second kappa shape index (κ2) is 3.53. The van der Waals surface area contributed by atoms with Crippen molar-refractivity contribution in [3.05, 3.63) is 21.9 Å². The highest BCUT2D eigenvalue weighted by Crippen LogP contribution is 2.23. The van der Waals surface area contributed by atoms with Crippen molar-refractivity contribution in [3.8, 4) is 0 Å². The van der Waals surface area contributed by atoms with E-state index in [1.54, 1.807) is 6.92 Å². The largest absolute Gasteiger partial charge is 0.394 e. The Kier molecular flexibility index (Phi) is 2.85. The van der Waals surface area contributed by atoms with E-state index < -0.39 is 5.54 Å². The van der Waals surface area contributed by atoms with Gasteiger partial charge in [0.25, 0.3) is 0 Å². The third kappa shape index (κ3) is 1.84. The fourth-order valence-corrected chi connectivity index (χ4v) is 1.74. The molecule has 0 radical (unpaired) electrons. The van der Waals surface area contributed by atoms with Crippen LogP contribution in [0.4, 0.5) is 0 Å². The molecule has 0 aliphatic rings. The van der Waals surface area contributed by atoms with E-state index in [0.717, 1.165) is 10.4 Å². The molecule has 4 N–H and O–H groups in total. The second-order valence-electron chi connectivity index (χ2n) is 3.04. The molecule has 1 unspecified atom stereocenters. The number of rotatable bonds is 3. The number of aliphatic hydroxyl groups is 2. The van der Waals surface area contributed by atoms with Crippen molar-refractivity contribution in [1.82, 2.24) is 0 Å². The van der Waals surface area contributed by atoms with Gasteiger partial charge >= 0.3 is 0 Å². The van der Waals surface area contributed by atoms with Gasteiger partial charge in [-0.3, -0.25) is 0 Å². The normalized spacial score (nSPS) is 16.0. The average molecular weight is 187 g/mol. The number of nitrogens with two attached hydrogens (primary N) is 1. The first-order chi connectivity index (χ1) is 5.60. The fourth-order valence-electron chi connectivity index (χ4n) is 0.854. The van der Waals surface area contributed by atoms with E-state index in [2.05, 4.69) is 0 Å². The highest BCUT2D eigenvalue weighted by Gasteiger charge is 2.20. The Morgan fingerprint density at radius 1 is 1.58 bits per heavy atom. The van der Waals surface area contributed by atoms with Crippen molar-refractivity contribution in [2.45, 2.75) is 19.1 Å². The van der Waals surface area contributed by atoms with Crippen molar-refractivity contribution in [1.29, 1.82) is 0 Å². The van der Waals surface area contributed by atoms with E-state index in [4.69, 9.17) is 15.9 Å². The summed E-state index contributed by atoms with van der Waals surface area (Å²) in [5.74, 6) is 0. The smallest absolute Gasteiger partial charge is 0.0774 e. The lowest BCUT2D eigenvalue weighted by atomic mass is 9.97. The second-order valence-corrected chi connectivity index (χ2v) is 4.03. The molecule has 68 valence electrons. The Labute approximate surface area is 75.5 Å². The van der Waals surface area contributed by atoms with Crippen LogP contribution in [0.15, 0.2) is 11.4 Å². The van der Waals surface area contributed by atoms with Crippen molar-refractivity contribution >= 4 is 11.3 Å². The maximum absolute atomic E-state index is 8.95. The van der Waals surface area contributed by atoms with Gasteiger partial charge < -0.3 is 15.9 Å². The summed E-state index contributed by atoms with van der Waals surface area (Å²) in [5.41, 5.74) is 5.96. The molecule has 1 rings (SSSR count). The van der Waals surface area contributed by atoms with Crippen LogP contribution in [0.2, 0.25) is 0 Å². The SMILES string of the molecule is CC(N)(CO)c1csc(CO)c1. The average Bonchev–Trinajstić information content (AvgIpc) is 2.52. The van der Waals surface area contributed by atoms with Gasteiger partial charge in [-0.05, 0) is 23.9 Å². The van der Waals surface area contributed by atoms with E-state index >= 15 is 0 Å². The van der Waals surface area contributed by atoms with E-state index in [-0.39, 0.29) is 13.2 Å². The Hall–Kier alpha value is -0.420. The van der Waals surface area contributed by atoms with Crippen LogP contribution < -0.4 is 5.73 Å². The summed E-state index contributed by atoms with van der Waals surface area (Å²) >= 11 is 1.45. The van der Waals surface area contributed by atoms with Gasteiger partial charge in [0.05, 0.1) is 18.8 Å². The number of hydrogen-bond donors (Lipinski definition) is 3. The maximum atomic E-state index is 8.95. The predicted molar refractivity (Wildman–Crippen MR) is 48.9 cm³/mol. The van der Waals surface area contributed by atoms with E-state index in [1.807, 2.05) is 11.4 Å². The van der Waals surface area contributed by atoms with E-state index in [1.165, 1.54) is 11.3 Å². The van der Waals surface area contributed by atoms with Gasteiger partial charge in [0.2, 0.25) is 0 Å². The number of aliphatic hydroxyl groups excluding tert-OH is 2. The first kappa shape index (κ1) is 9.67. The quantitative estimate of drug-likeness (QED) is 0.642. The summed E-state index contributed by atoms with van der Waals surface area (Å²) in [7, 11) is 0. The Morgan fingerprint density at radius 2 is 2.25 bits per heavy atom. The summed E-state index contributed by atoms with van der Waals surface area (Å²) in [5, 5.41) is 19.6. The van der Waals surface area contributed by atoms with E-state index in [9.17, 15) is 0 Å². The summed E-state index contributed by atoms with van der Waals surface area (Å²) in [6, 6.07) is 1.82. The molecule has 1 aromatic heterocycles. The Balaban J connectivity index is 2.88. The van der Waals surface area contributed by atoms with Crippen LogP contribution in [-0.4, -0.2) is 16.8 Å². The molecular weight excluding hydrogens is 174 g/mol. The molecule has 0 aromatic carbocycles. The highest BCUT2D eigenvalue weighted by molar-refractivity contribution is 7.10. The van der Waals surface area contributed by atoms with Crippen molar-refractivity contribution in [3.63, 3.8) is 0 Å². The van der Waals surface area contributed by atoms with Crippen LogP contribution in [-0.2, 0) is 12.1 Å². The molecule has 0 aliphatic carbocycles. The van der Waals surface area contributed by atoms with Crippen molar-refractivity contribution < 1.29 is 10.2 Å². The molecule has 3 nitrogen and oxygen atoms in total. The van der Waals surface area contributed by atoms with E-state index in [0.29, 0.717) is 0 Å². The van der Waals surface area contributed by atoms with Gasteiger partial charge in [-0.2, -0.15) is 0 Å². The summed E-state index contributed by atoms with van der Waals surface area (Å²) < 4.78 is 0. The Bertz CT molecular complexity index is 257. The van der Waals surface area contributed by atoms with Crippen LogP contribution >= 0.6 is 11.3 Å². The van der Waals surface area contributed by atoms with Crippen molar-refractivity contribution in [2.75, 3.05) is 6.61 Å². The molecule has 0 fully saturated rings. The molecule has 12 heavy (non-hydrogen) atoms. The van der Waals surface area contributed by atoms with Gasteiger partial charge in [-0.1, -0.05) is 0 Å². The monoisotopic (exact) mass is 187 g/mol. The van der Waals surface area contributed by atoms with Gasteiger partial charge in [-0.25, -0.2) is 0 Å². The van der Waals surface area contributed by atoms with Crippen LogP contribution in [0.3, 0.4) is 0 Å². The molecule has 1 atom stereocenters. The maximum Gasteiger partial charge on any atom is 0.0774 e. The molecular formula is C8H13NO2S. The first-order valence-corrected chi connectivity index (χ1v) is 4.56. The third-order valence-electron chi connectivity index (χ3n) is 1.80.